The topological polar surface area (TPSA) is 46.4 Å². The van der Waals surface area contributed by atoms with Crippen LogP contribution in [0.4, 0.5) is 0 Å². The molecule has 3 unspecified atom stereocenters. The minimum atomic E-state index is 0. The van der Waals surface area contributed by atoms with Gasteiger partial charge < -0.3 is 19.8 Å². The van der Waals surface area contributed by atoms with Gasteiger partial charge in [0, 0.05) is 36.1 Å². The summed E-state index contributed by atoms with van der Waals surface area (Å²) in [6.45, 7) is 3.58. The summed E-state index contributed by atoms with van der Waals surface area (Å²) >= 11 is 0. The van der Waals surface area contributed by atoms with Crippen molar-refractivity contribution in [2.24, 2.45) is 5.92 Å². The van der Waals surface area contributed by atoms with Crippen molar-refractivity contribution >= 4 is 23.4 Å². The molecule has 1 aliphatic heterocycles. The number of fused-ring (bicyclic) bond motifs is 1. The van der Waals surface area contributed by atoms with Gasteiger partial charge in [-0.15, -0.1) is 12.4 Å². The van der Waals surface area contributed by atoms with Crippen molar-refractivity contribution in [2.75, 3.05) is 19.8 Å². The third-order valence-corrected chi connectivity index (χ3v) is 5.15. The highest BCUT2D eigenvalue weighted by molar-refractivity contribution is 5.85. The van der Waals surface area contributed by atoms with Gasteiger partial charge in [0.1, 0.15) is 5.58 Å². The van der Waals surface area contributed by atoms with Crippen LogP contribution in [-0.2, 0) is 11.3 Å². The molecule has 5 heteroatoms. The van der Waals surface area contributed by atoms with Crippen molar-refractivity contribution in [1.29, 1.82) is 0 Å². The van der Waals surface area contributed by atoms with Crippen molar-refractivity contribution in [1.82, 2.24) is 10.6 Å². The highest BCUT2D eigenvalue weighted by Crippen LogP contribution is 2.30. The minimum absolute atomic E-state index is 0. The molecule has 1 aliphatic carbocycles. The normalized spacial score (nSPS) is 27.9. The quantitative estimate of drug-likeness (QED) is 0.900. The number of benzene rings is 1. The molecule has 4 nitrogen and oxygen atoms in total. The molecule has 1 saturated heterocycles. The standard InChI is InChI=1S/C18H24N2O2.ClH/c1-2-7-18-14(4-1)13(11-22-18)10-20-16-6-3-5-15(16)17-12-21-9-8-19-17;/h1-2,4,7,11,15-17,19-20H,3,5-6,8-10,12H2;1H. The van der Waals surface area contributed by atoms with E-state index < -0.39 is 0 Å². The molecule has 23 heavy (non-hydrogen) atoms. The number of para-hydroxylation sites is 1. The predicted octanol–water partition coefficient (Wildman–Crippen LogP) is 3.10. The molecule has 2 aliphatic rings. The van der Waals surface area contributed by atoms with E-state index in [2.05, 4.69) is 22.8 Å². The van der Waals surface area contributed by atoms with Crippen LogP contribution < -0.4 is 10.6 Å². The molecule has 0 radical (unpaired) electrons. The number of ether oxygens (including phenoxy) is 1. The maximum Gasteiger partial charge on any atom is 0.134 e. The van der Waals surface area contributed by atoms with Gasteiger partial charge in [0.15, 0.2) is 0 Å². The maximum absolute atomic E-state index is 5.65. The first kappa shape index (κ1) is 16.8. The Morgan fingerprint density at radius 2 is 2.13 bits per heavy atom. The fourth-order valence-corrected chi connectivity index (χ4v) is 4.00. The molecule has 1 aromatic heterocycles. The Hall–Kier alpha value is -1.07. The molecule has 1 saturated carbocycles. The summed E-state index contributed by atoms with van der Waals surface area (Å²) < 4.78 is 11.3. The molecule has 2 fully saturated rings. The van der Waals surface area contributed by atoms with Crippen LogP contribution in [0.15, 0.2) is 34.9 Å². The number of morpholine rings is 1. The van der Waals surface area contributed by atoms with E-state index in [9.17, 15) is 0 Å². The summed E-state index contributed by atoms with van der Waals surface area (Å²) in [5.41, 5.74) is 2.23. The lowest BCUT2D eigenvalue weighted by Crippen LogP contribution is -2.50. The van der Waals surface area contributed by atoms with Crippen LogP contribution in [0, 0.1) is 5.92 Å². The van der Waals surface area contributed by atoms with Crippen LogP contribution in [0.2, 0.25) is 0 Å². The Balaban J connectivity index is 0.00000156. The lowest BCUT2D eigenvalue weighted by atomic mass is 9.94. The van der Waals surface area contributed by atoms with Gasteiger partial charge in [0.2, 0.25) is 0 Å². The van der Waals surface area contributed by atoms with Gasteiger partial charge in [0.05, 0.1) is 19.5 Å². The highest BCUT2D eigenvalue weighted by atomic mass is 35.5. The summed E-state index contributed by atoms with van der Waals surface area (Å²) in [6.07, 6.45) is 5.76. The lowest BCUT2D eigenvalue weighted by Gasteiger charge is -2.33. The highest BCUT2D eigenvalue weighted by Gasteiger charge is 2.34. The first-order valence-corrected chi connectivity index (χ1v) is 8.41. The van der Waals surface area contributed by atoms with Gasteiger partial charge in [-0.2, -0.15) is 0 Å². The molecule has 2 N–H and O–H groups in total. The van der Waals surface area contributed by atoms with Crippen molar-refractivity contribution in [3.05, 3.63) is 36.1 Å². The van der Waals surface area contributed by atoms with Gasteiger partial charge in [-0.1, -0.05) is 24.6 Å². The van der Waals surface area contributed by atoms with E-state index in [0.29, 0.717) is 18.0 Å². The van der Waals surface area contributed by atoms with Crippen LogP contribution in [0.3, 0.4) is 0 Å². The third kappa shape index (κ3) is 3.56. The number of furan rings is 1. The SMILES string of the molecule is Cl.c1ccc2c(CNC3CCCC3C3COCCN3)coc2c1. The summed E-state index contributed by atoms with van der Waals surface area (Å²) in [7, 11) is 0. The molecule has 0 spiro atoms. The zero-order valence-electron chi connectivity index (χ0n) is 13.3. The van der Waals surface area contributed by atoms with Crippen molar-refractivity contribution < 1.29 is 9.15 Å². The van der Waals surface area contributed by atoms with Gasteiger partial charge in [-0.05, 0) is 24.8 Å². The fraction of sp³-hybridized carbons (Fsp3) is 0.556. The number of hydrogen-bond acceptors (Lipinski definition) is 4. The molecular formula is C18H25ClN2O2. The third-order valence-electron chi connectivity index (χ3n) is 5.15. The molecule has 3 atom stereocenters. The molecule has 2 aromatic rings. The summed E-state index contributed by atoms with van der Waals surface area (Å²) in [4.78, 5) is 0. The van der Waals surface area contributed by atoms with Crippen molar-refractivity contribution in [3.8, 4) is 0 Å². The van der Waals surface area contributed by atoms with Crippen LogP contribution >= 0.6 is 12.4 Å². The molecule has 1 aromatic carbocycles. The predicted molar refractivity (Wildman–Crippen MR) is 94.0 cm³/mol. The summed E-state index contributed by atoms with van der Waals surface area (Å²) in [6, 6.07) is 9.34. The average molecular weight is 337 g/mol. The number of hydrogen-bond donors (Lipinski definition) is 2. The second kappa shape index (κ2) is 7.67. The zero-order valence-corrected chi connectivity index (χ0v) is 14.1. The Bertz CT molecular complexity index is 624. The van der Waals surface area contributed by atoms with E-state index in [0.717, 1.165) is 31.9 Å². The second-order valence-electron chi connectivity index (χ2n) is 6.47. The second-order valence-corrected chi connectivity index (χ2v) is 6.47. The van der Waals surface area contributed by atoms with E-state index in [1.165, 1.54) is 30.2 Å². The molecular weight excluding hydrogens is 312 g/mol. The molecule has 126 valence electrons. The molecule has 0 bridgehead atoms. The van der Waals surface area contributed by atoms with E-state index in [1.807, 2.05) is 18.4 Å². The largest absolute Gasteiger partial charge is 0.464 e. The maximum atomic E-state index is 5.65. The Labute approximate surface area is 143 Å². The summed E-state index contributed by atoms with van der Waals surface area (Å²) in [5.74, 6) is 0.679. The van der Waals surface area contributed by atoms with E-state index in [1.54, 1.807) is 0 Å². The zero-order chi connectivity index (χ0) is 14.8. The summed E-state index contributed by atoms with van der Waals surface area (Å²) in [5, 5.41) is 8.62. The van der Waals surface area contributed by atoms with E-state index >= 15 is 0 Å². The van der Waals surface area contributed by atoms with E-state index in [4.69, 9.17) is 9.15 Å². The van der Waals surface area contributed by atoms with Gasteiger partial charge in [0.25, 0.3) is 0 Å². The molecule has 4 rings (SSSR count). The lowest BCUT2D eigenvalue weighted by molar-refractivity contribution is 0.0524. The van der Waals surface area contributed by atoms with Crippen LogP contribution in [0.1, 0.15) is 24.8 Å². The number of rotatable bonds is 4. The first-order valence-electron chi connectivity index (χ1n) is 8.41. The van der Waals surface area contributed by atoms with Gasteiger partial charge in [-0.25, -0.2) is 0 Å². The Morgan fingerprint density at radius 3 is 3.00 bits per heavy atom. The Kier molecular flexibility index (Phi) is 5.59. The van der Waals surface area contributed by atoms with Gasteiger partial charge >= 0.3 is 0 Å². The van der Waals surface area contributed by atoms with Crippen molar-refractivity contribution in [2.45, 2.75) is 37.9 Å². The Morgan fingerprint density at radius 1 is 1.22 bits per heavy atom. The first-order chi connectivity index (χ1) is 10.9. The van der Waals surface area contributed by atoms with Crippen molar-refractivity contribution in [3.63, 3.8) is 0 Å². The fourth-order valence-electron chi connectivity index (χ4n) is 4.00. The van der Waals surface area contributed by atoms with Crippen LogP contribution in [-0.4, -0.2) is 31.8 Å². The van der Waals surface area contributed by atoms with Crippen LogP contribution in [0.25, 0.3) is 11.0 Å². The van der Waals surface area contributed by atoms with Crippen LogP contribution in [0.5, 0.6) is 0 Å². The molecule has 2 heterocycles. The number of nitrogens with one attached hydrogen (secondary N) is 2. The molecule has 0 amide bonds. The number of halogens is 1. The van der Waals surface area contributed by atoms with Gasteiger partial charge in [-0.3, -0.25) is 0 Å². The smallest absolute Gasteiger partial charge is 0.134 e. The monoisotopic (exact) mass is 336 g/mol. The average Bonchev–Trinajstić information content (AvgIpc) is 3.20. The minimum Gasteiger partial charge on any atom is -0.464 e. The van der Waals surface area contributed by atoms with E-state index in [-0.39, 0.29) is 12.4 Å².